The first-order chi connectivity index (χ1) is 8.65. The van der Waals surface area contributed by atoms with Crippen LogP contribution in [0.5, 0.6) is 5.75 Å². The molecule has 18 heavy (non-hydrogen) atoms. The molecule has 92 valence electrons. The zero-order valence-electron chi connectivity index (χ0n) is 10.1. The molecule has 0 aliphatic rings. The van der Waals surface area contributed by atoms with Crippen LogP contribution in [0.2, 0.25) is 0 Å². The molecule has 1 heterocycles. The number of methoxy groups -OCH3 is 1. The lowest BCUT2D eigenvalue weighted by molar-refractivity contribution is 0.386. The topological polar surface area (TPSA) is 61.7 Å². The molecule has 0 radical (unpaired) electrons. The highest BCUT2D eigenvalue weighted by Crippen LogP contribution is 2.24. The number of ether oxygens (including phenoxy) is 1. The van der Waals surface area contributed by atoms with Gasteiger partial charge in [-0.05, 0) is 25.1 Å². The van der Waals surface area contributed by atoms with E-state index in [0.717, 1.165) is 5.69 Å². The molecule has 1 N–H and O–H groups in total. The fourth-order valence-corrected chi connectivity index (χ4v) is 1.69. The van der Waals surface area contributed by atoms with Crippen LogP contribution in [0, 0.1) is 24.1 Å². The molecule has 0 spiro atoms. The Kier molecular flexibility index (Phi) is 3.28. The van der Waals surface area contributed by atoms with E-state index >= 15 is 0 Å². The predicted octanol–water partition coefficient (Wildman–Crippen LogP) is 2.60. The second-order valence-corrected chi connectivity index (χ2v) is 3.84. The van der Waals surface area contributed by atoms with E-state index in [1.54, 1.807) is 12.1 Å². The molecule has 2 rings (SSSR count). The second-order valence-electron chi connectivity index (χ2n) is 3.84. The van der Waals surface area contributed by atoms with Crippen LogP contribution in [-0.4, -0.2) is 17.1 Å². The van der Waals surface area contributed by atoms with Gasteiger partial charge in [0.25, 0.3) is 0 Å². The van der Waals surface area contributed by atoms with Gasteiger partial charge in [0.15, 0.2) is 11.6 Å². The number of rotatable bonds is 3. The number of aryl methyl sites for hydroxylation is 1. The van der Waals surface area contributed by atoms with Gasteiger partial charge in [-0.3, -0.25) is 0 Å². The smallest absolute Gasteiger partial charge is 0.165 e. The van der Waals surface area contributed by atoms with Crippen molar-refractivity contribution in [3.8, 4) is 23.2 Å². The Morgan fingerprint density at radius 1 is 1.50 bits per heavy atom. The number of hydrogen-bond donors (Lipinski definition) is 1. The van der Waals surface area contributed by atoms with Crippen LogP contribution in [0.15, 0.2) is 18.2 Å². The van der Waals surface area contributed by atoms with E-state index in [2.05, 4.69) is 9.97 Å². The highest BCUT2D eigenvalue weighted by molar-refractivity contribution is 5.57. The minimum Gasteiger partial charge on any atom is -0.494 e. The van der Waals surface area contributed by atoms with Gasteiger partial charge in [0.1, 0.15) is 5.82 Å². The number of aromatic nitrogens is 2. The molecule has 0 amide bonds. The van der Waals surface area contributed by atoms with Gasteiger partial charge < -0.3 is 9.72 Å². The quantitative estimate of drug-likeness (QED) is 0.904. The van der Waals surface area contributed by atoms with Gasteiger partial charge >= 0.3 is 0 Å². The van der Waals surface area contributed by atoms with Gasteiger partial charge in [-0.25, -0.2) is 9.37 Å². The average Bonchev–Trinajstić information content (AvgIpc) is 2.71. The Labute approximate surface area is 104 Å². The van der Waals surface area contributed by atoms with Gasteiger partial charge in [-0.15, -0.1) is 0 Å². The Hall–Kier alpha value is -2.35. The molecule has 0 saturated heterocycles. The molecule has 4 nitrogen and oxygen atoms in total. The number of H-pyrrole nitrogens is 1. The number of nitrogens with one attached hydrogen (secondary N) is 1. The van der Waals surface area contributed by atoms with E-state index in [9.17, 15) is 4.39 Å². The zero-order valence-corrected chi connectivity index (χ0v) is 10.1. The van der Waals surface area contributed by atoms with E-state index in [-0.39, 0.29) is 12.2 Å². The third-order valence-electron chi connectivity index (χ3n) is 2.66. The van der Waals surface area contributed by atoms with Crippen molar-refractivity contribution in [2.75, 3.05) is 7.11 Å². The van der Waals surface area contributed by atoms with Crippen molar-refractivity contribution in [1.29, 1.82) is 5.26 Å². The number of nitriles is 1. The number of hydrogen-bond acceptors (Lipinski definition) is 3. The SMILES string of the molecule is COc1ccc(-c2nc(CC#N)c(C)[nH]2)cc1F. The van der Waals surface area contributed by atoms with Gasteiger partial charge in [-0.1, -0.05) is 0 Å². The zero-order chi connectivity index (χ0) is 13.1. The Morgan fingerprint density at radius 3 is 2.89 bits per heavy atom. The van der Waals surface area contributed by atoms with Crippen LogP contribution in [0.4, 0.5) is 4.39 Å². The first-order valence-corrected chi connectivity index (χ1v) is 5.42. The summed E-state index contributed by atoms with van der Waals surface area (Å²) in [4.78, 5) is 7.32. The molecular weight excluding hydrogens is 233 g/mol. The van der Waals surface area contributed by atoms with Crippen molar-refractivity contribution in [3.63, 3.8) is 0 Å². The summed E-state index contributed by atoms with van der Waals surface area (Å²) in [6.07, 6.45) is 0.237. The van der Waals surface area contributed by atoms with Gasteiger partial charge in [0.2, 0.25) is 0 Å². The molecule has 0 unspecified atom stereocenters. The summed E-state index contributed by atoms with van der Waals surface area (Å²) in [7, 11) is 1.42. The van der Waals surface area contributed by atoms with Gasteiger partial charge in [-0.2, -0.15) is 5.26 Å². The minimum absolute atomic E-state index is 0.194. The highest BCUT2D eigenvalue weighted by atomic mass is 19.1. The van der Waals surface area contributed by atoms with Gasteiger partial charge in [0, 0.05) is 11.3 Å². The van der Waals surface area contributed by atoms with Crippen molar-refractivity contribution in [1.82, 2.24) is 9.97 Å². The molecular formula is C13H12FN3O. The molecule has 1 aromatic carbocycles. The third-order valence-corrected chi connectivity index (χ3v) is 2.66. The lowest BCUT2D eigenvalue weighted by atomic mass is 10.2. The first-order valence-electron chi connectivity index (χ1n) is 5.42. The third kappa shape index (κ3) is 2.18. The van der Waals surface area contributed by atoms with Crippen LogP contribution in [0.3, 0.4) is 0 Å². The lowest BCUT2D eigenvalue weighted by Gasteiger charge is -2.02. The molecule has 0 aliphatic carbocycles. The predicted molar refractivity (Wildman–Crippen MR) is 64.6 cm³/mol. The van der Waals surface area contributed by atoms with Crippen molar-refractivity contribution in [2.24, 2.45) is 0 Å². The highest BCUT2D eigenvalue weighted by Gasteiger charge is 2.10. The summed E-state index contributed by atoms with van der Waals surface area (Å²) < 4.78 is 18.4. The Balaban J connectivity index is 2.40. The largest absolute Gasteiger partial charge is 0.494 e. The van der Waals surface area contributed by atoms with E-state index in [4.69, 9.17) is 10.00 Å². The molecule has 1 aromatic heterocycles. The van der Waals surface area contributed by atoms with Crippen molar-refractivity contribution in [3.05, 3.63) is 35.4 Å². The maximum absolute atomic E-state index is 13.6. The number of aromatic amines is 1. The summed E-state index contributed by atoms with van der Waals surface area (Å²) in [6, 6.07) is 6.66. The van der Waals surface area contributed by atoms with Gasteiger partial charge in [0.05, 0.1) is 25.3 Å². The number of halogens is 1. The standard InChI is InChI=1S/C13H12FN3O/c1-8-11(5-6-15)17-13(16-8)9-3-4-12(18-2)10(14)7-9/h3-4,7H,5H2,1-2H3,(H,16,17). The number of nitrogens with zero attached hydrogens (tertiary/aromatic N) is 2. The summed E-state index contributed by atoms with van der Waals surface area (Å²) in [5, 5.41) is 8.66. The van der Waals surface area contributed by atoms with E-state index < -0.39 is 5.82 Å². The molecule has 0 bridgehead atoms. The molecule has 2 aromatic rings. The van der Waals surface area contributed by atoms with E-state index in [1.165, 1.54) is 13.2 Å². The fourth-order valence-electron chi connectivity index (χ4n) is 1.69. The Bertz CT molecular complexity index is 613. The molecule has 5 heteroatoms. The Morgan fingerprint density at radius 2 is 2.28 bits per heavy atom. The van der Waals surface area contributed by atoms with E-state index in [1.807, 2.05) is 13.0 Å². The van der Waals surface area contributed by atoms with Crippen LogP contribution in [0.25, 0.3) is 11.4 Å². The minimum atomic E-state index is -0.439. The molecule has 0 saturated carbocycles. The maximum atomic E-state index is 13.6. The van der Waals surface area contributed by atoms with Crippen molar-refractivity contribution < 1.29 is 9.13 Å². The maximum Gasteiger partial charge on any atom is 0.165 e. The normalized spacial score (nSPS) is 10.1. The van der Waals surface area contributed by atoms with Crippen LogP contribution >= 0.6 is 0 Å². The molecule has 0 fully saturated rings. The number of imidazole rings is 1. The lowest BCUT2D eigenvalue weighted by Crippen LogP contribution is -1.89. The number of benzene rings is 1. The van der Waals surface area contributed by atoms with Crippen LogP contribution in [-0.2, 0) is 6.42 Å². The second kappa shape index (κ2) is 4.88. The average molecular weight is 245 g/mol. The summed E-state index contributed by atoms with van der Waals surface area (Å²) in [5.74, 6) is 0.310. The monoisotopic (exact) mass is 245 g/mol. The summed E-state index contributed by atoms with van der Waals surface area (Å²) >= 11 is 0. The molecule has 0 atom stereocenters. The summed E-state index contributed by atoms with van der Waals surface area (Å²) in [5.41, 5.74) is 2.13. The van der Waals surface area contributed by atoms with Crippen LogP contribution < -0.4 is 4.74 Å². The van der Waals surface area contributed by atoms with Crippen molar-refractivity contribution >= 4 is 0 Å². The van der Waals surface area contributed by atoms with Crippen molar-refractivity contribution in [2.45, 2.75) is 13.3 Å². The first kappa shape index (κ1) is 12.1. The summed E-state index contributed by atoms with van der Waals surface area (Å²) in [6.45, 7) is 1.84. The van der Waals surface area contributed by atoms with E-state index in [0.29, 0.717) is 17.1 Å². The molecule has 0 aliphatic heterocycles. The van der Waals surface area contributed by atoms with Crippen LogP contribution in [0.1, 0.15) is 11.4 Å². The fraction of sp³-hybridized carbons (Fsp3) is 0.231.